The van der Waals surface area contributed by atoms with Crippen molar-refractivity contribution in [2.24, 2.45) is 0 Å². The van der Waals surface area contributed by atoms with Crippen LogP contribution >= 0.6 is 15.9 Å². The number of rotatable bonds is 2. The molecule has 0 saturated carbocycles. The van der Waals surface area contributed by atoms with Gasteiger partial charge >= 0.3 is 0 Å². The van der Waals surface area contributed by atoms with E-state index in [4.69, 9.17) is 0 Å². The third kappa shape index (κ3) is 2.49. The lowest BCUT2D eigenvalue weighted by atomic mass is 10.1. The summed E-state index contributed by atoms with van der Waals surface area (Å²) < 4.78 is 29.3. The summed E-state index contributed by atoms with van der Waals surface area (Å²) in [5, 5.41) is 1.32. The Morgan fingerprint density at radius 3 is 2.62 bits per heavy atom. The Balaban J connectivity index is 2.13. The third-order valence-electron chi connectivity index (χ3n) is 3.35. The molecule has 0 bridgehead atoms. The van der Waals surface area contributed by atoms with Crippen LogP contribution in [0.4, 0.5) is 8.78 Å². The SMILES string of the molecule is O=c1c2ccccc2ccn1Cc1c(F)ccc(Br)c1F. The number of fused-ring (bicyclic) bond motifs is 1. The van der Waals surface area contributed by atoms with E-state index < -0.39 is 11.6 Å². The molecule has 0 aliphatic rings. The summed E-state index contributed by atoms with van der Waals surface area (Å²) >= 11 is 3.02. The van der Waals surface area contributed by atoms with Crippen LogP contribution in [0.1, 0.15) is 5.56 Å². The van der Waals surface area contributed by atoms with E-state index in [-0.39, 0.29) is 22.1 Å². The molecule has 2 aromatic carbocycles. The van der Waals surface area contributed by atoms with Crippen molar-refractivity contribution in [3.8, 4) is 0 Å². The molecule has 1 aromatic heterocycles. The first-order valence-electron chi connectivity index (χ1n) is 6.28. The Bertz CT molecular complexity index is 889. The number of pyridine rings is 1. The van der Waals surface area contributed by atoms with Crippen LogP contribution in [-0.4, -0.2) is 4.57 Å². The van der Waals surface area contributed by atoms with Gasteiger partial charge in [-0.2, -0.15) is 0 Å². The van der Waals surface area contributed by atoms with Gasteiger partial charge in [0.05, 0.1) is 11.0 Å². The molecule has 0 fully saturated rings. The van der Waals surface area contributed by atoms with E-state index >= 15 is 0 Å². The van der Waals surface area contributed by atoms with Gasteiger partial charge in [-0.15, -0.1) is 0 Å². The van der Waals surface area contributed by atoms with Gasteiger partial charge in [-0.05, 0) is 45.6 Å². The Kier molecular flexibility index (Phi) is 3.59. The fourth-order valence-corrected chi connectivity index (χ4v) is 2.61. The van der Waals surface area contributed by atoms with E-state index in [1.807, 2.05) is 12.1 Å². The predicted octanol–water partition coefficient (Wildman–Crippen LogP) is 4.09. The van der Waals surface area contributed by atoms with Crippen molar-refractivity contribution in [2.45, 2.75) is 6.54 Å². The van der Waals surface area contributed by atoms with Gasteiger partial charge in [0.1, 0.15) is 11.6 Å². The molecule has 0 saturated heterocycles. The highest BCUT2D eigenvalue weighted by Gasteiger charge is 2.14. The molecule has 0 spiro atoms. The monoisotopic (exact) mass is 349 g/mol. The van der Waals surface area contributed by atoms with Gasteiger partial charge in [-0.25, -0.2) is 8.78 Å². The molecule has 3 rings (SSSR count). The third-order valence-corrected chi connectivity index (χ3v) is 3.97. The van der Waals surface area contributed by atoms with Gasteiger partial charge in [-0.1, -0.05) is 18.2 Å². The van der Waals surface area contributed by atoms with E-state index in [9.17, 15) is 13.6 Å². The molecule has 0 aliphatic heterocycles. The lowest BCUT2D eigenvalue weighted by Gasteiger charge is -2.10. The molecule has 2 nitrogen and oxygen atoms in total. The maximum Gasteiger partial charge on any atom is 0.258 e. The maximum absolute atomic E-state index is 14.0. The fraction of sp³-hybridized carbons (Fsp3) is 0.0625. The molecule has 0 radical (unpaired) electrons. The molecule has 0 atom stereocenters. The standard InChI is InChI=1S/C16H10BrF2NO/c17-13-5-6-14(18)12(15(13)19)9-20-8-7-10-3-1-2-4-11(10)16(20)21/h1-8H,9H2. The lowest BCUT2D eigenvalue weighted by Crippen LogP contribution is -2.21. The van der Waals surface area contributed by atoms with Crippen LogP contribution < -0.4 is 5.56 Å². The van der Waals surface area contributed by atoms with Crippen LogP contribution in [0.5, 0.6) is 0 Å². The predicted molar refractivity (Wildman–Crippen MR) is 81.4 cm³/mol. The summed E-state index contributed by atoms with van der Waals surface area (Å²) in [6.07, 6.45) is 1.55. The summed E-state index contributed by atoms with van der Waals surface area (Å²) in [4.78, 5) is 12.3. The van der Waals surface area contributed by atoms with Crippen LogP contribution in [0, 0.1) is 11.6 Å². The van der Waals surface area contributed by atoms with Crippen LogP contribution in [0.15, 0.2) is 57.9 Å². The molecule has 1 heterocycles. The van der Waals surface area contributed by atoms with Crippen molar-refractivity contribution >= 4 is 26.7 Å². The zero-order valence-corrected chi connectivity index (χ0v) is 12.4. The van der Waals surface area contributed by atoms with Crippen molar-refractivity contribution in [3.63, 3.8) is 0 Å². The first-order valence-corrected chi connectivity index (χ1v) is 7.08. The summed E-state index contributed by atoms with van der Waals surface area (Å²) in [7, 11) is 0. The number of aromatic nitrogens is 1. The maximum atomic E-state index is 14.0. The molecule has 106 valence electrons. The molecule has 3 aromatic rings. The van der Waals surface area contributed by atoms with E-state index in [1.54, 1.807) is 24.4 Å². The molecule has 21 heavy (non-hydrogen) atoms. The average Bonchev–Trinajstić information content (AvgIpc) is 2.50. The minimum atomic E-state index is -0.685. The second-order valence-electron chi connectivity index (χ2n) is 4.66. The topological polar surface area (TPSA) is 22.0 Å². The van der Waals surface area contributed by atoms with Gasteiger partial charge in [0.15, 0.2) is 0 Å². The number of hydrogen-bond acceptors (Lipinski definition) is 1. The molecular formula is C16H10BrF2NO. The number of benzene rings is 2. The van der Waals surface area contributed by atoms with E-state index in [0.29, 0.717) is 5.39 Å². The highest BCUT2D eigenvalue weighted by atomic mass is 79.9. The zero-order chi connectivity index (χ0) is 15.0. The average molecular weight is 350 g/mol. The van der Waals surface area contributed by atoms with Crippen molar-refractivity contribution in [2.75, 3.05) is 0 Å². The normalized spacial score (nSPS) is 11.0. The molecular weight excluding hydrogens is 340 g/mol. The Labute approximate surface area is 127 Å². The quantitative estimate of drug-likeness (QED) is 0.638. The highest BCUT2D eigenvalue weighted by Crippen LogP contribution is 2.22. The van der Waals surface area contributed by atoms with Gasteiger partial charge in [0.25, 0.3) is 5.56 Å². The van der Waals surface area contributed by atoms with Crippen molar-refractivity contribution in [3.05, 3.63) is 80.7 Å². The minimum absolute atomic E-state index is 0.137. The van der Waals surface area contributed by atoms with E-state index in [2.05, 4.69) is 15.9 Å². The van der Waals surface area contributed by atoms with Gasteiger partial charge < -0.3 is 4.57 Å². The second kappa shape index (κ2) is 5.41. The molecule has 0 N–H and O–H groups in total. The summed E-state index contributed by atoms with van der Waals surface area (Å²) in [5.74, 6) is -1.36. The van der Waals surface area contributed by atoms with Gasteiger partial charge in [0, 0.05) is 17.1 Å². The number of nitrogens with zero attached hydrogens (tertiary/aromatic N) is 1. The Morgan fingerprint density at radius 1 is 1.05 bits per heavy atom. The Morgan fingerprint density at radius 2 is 1.81 bits per heavy atom. The van der Waals surface area contributed by atoms with E-state index in [0.717, 1.165) is 5.39 Å². The first-order chi connectivity index (χ1) is 10.1. The molecule has 0 amide bonds. The van der Waals surface area contributed by atoms with E-state index in [1.165, 1.54) is 16.7 Å². The van der Waals surface area contributed by atoms with Crippen molar-refractivity contribution in [1.82, 2.24) is 4.57 Å². The Hall–Kier alpha value is -2.01. The first kappa shape index (κ1) is 13.9. The minimum Gasteiger partial charge on any atom is -0.310 e. The lowest BCUT2D eigenvalue weighted by molar-refractivity contribution is 0.538. The number of halogens is 3. The smallest absolute Gasteiger partial charge is 0.258 e. The van der Waals surface area contributed by atoms with Crippen LogP contribution in [0.3, 0.4) is 0 Å². The van der Waals surface area contributed by atoms with Crippen LogP contribution in [0.25, 0.3) is 10.8 Å². The number of hydrogen-bond donors (Lipinski definition) is 0. The largest absolute Gasteiger partial charge is 0.310 e. The van der Waals surface area contributed by atoms with Gasteiger partial charge in [0.2, 0.25) is 0 Å². The summed E-state index contributed by atoms with van der Waals surface area (Å²) in [6, 6.07) is 11.3. The fourth-order valence-electron chi connectivity index (χ4n) is 2.24. The second-order valence-corrected chi connectivity index (χ2v) is 5.51. The van der Waals surface area contributed by atoms with Crippen LogP contribution in [0.2, 0.25) is 0 Å². The van der Waals surface area contributed by atoms with Crippen molar-refractivity contribution in [1.29, 1.82) is 0 Å². The highest BCUT2D eigenvalue weighted by molar-refractivity contribution is 9.10. The zero-order valence-electron chi connectivity index (χ0n) is 10.8. The summed E-state index contributed by atoms with van der Waals surface area (Å²) in [5.41, 5.74) is -0.409. The molecule has 0 unspecified atom stereocenters. The van der Waals surface area contributed by atoms with Gasteiger partial charge in [-0.3, -0.25) is 4.79 Å². The van der Waals surface area contributed by atoms with Crippen LogP contribution in [-0.2, 0) is 6.54 Å². The molecule has 5 heteroatoms. The van der Waals surface area contributed by atoms with Crippen molar-refractivity contribution < 1.29 is 8.78 Å². The molecule has 0 aliphatic carbocycles. The summed E-state index contributed by atoms with van der Waals surface area (Å²) in [6.45, 7) is -0.152.